The molecule has 0 saturated carbocycles. The Morgan fingerprint density at radius 2 is 1.92 bits per heavy atom. The van der Waals surface area contributed by atoms with Crippen molar-refractivity contribution in [2.75, 3.05) is 7.11 Å². The van der Waals surface area contributed by atoms with E-state index in [4.69, 9.17) is 9.72 Å². The number of nitrogens with zero attached hydrogens (tertiary/aromatic N) is 2. The van der Waals surface area contributed by atoms with Crippen LogP contribution in [0.15, 0.2) is 48.5 Å². The van der Waals surface area contributed by atoms with Crippen LogP contribution in [-0.2, 0) is 17.8 Å². The number of carbonyl (C=O) groups is 1. The Labute approximate surface area is 140 Å². The number of rotatable bonds is 6. The van der Waals surface area contributed by atoms with E-state index in [2.05, 4.69) is 0 Å². The number of para-hydroxylation sites is 2. The van der Waals surface area contributed by atoms with E-state index in [1.807, 2.05) is 53.1 Å². The monoisotopic (exact) mass is 324 g/mol. The van der Waals surface area contributed by atoms with Gasteiger partial charge in [0.2, 0.25) is 0 Å². The number of hydrogen-bond donors (Lipinski definition) is 1. The minimum Gasteiger partial charge on any atom is -0.497 e. The zero-order valence-electron chi connectivity index (χ0n) is 13.8. The molecule has 5 heteroatoms. The van der Waals surface area contributed by atoms with E-state index in [1.54, 1.807) is 14.0 Å². The lowest BCUT2D eigenvalue weighted by Crippen LogP contribution is -2.18. The van der Waals surface area contributed by atoms with Crippen molar-refractivity contribution in [1.29, 1.82) is 0 Å². The molecule has 0 saturated heterocycles. The Hall–Kier alpha value is -2.82. The maximum absolute atomic E-state index is 11.3. The van der Waals surface area contributed by atoms with Crippen molar-refractivity contribution in [2.45, 2.75) is 19.9 Å². The second-order valence-corrected chi connectivity index (χ2v) is 5.89. The second-order valence-electron chi connectivity index (χ2n) is 5.89. The molecule has 1 N–H and O–H groups in total. The summed E-state index contributed by atoms with van der Waals surface area (Å²) in [7, 11) is 1.64. The smallest absolute Gasteiger partial charge is 0.308 e. The number of carboxylic acids is 1. The molecule has 0 aliphatic carbocycles. The number of ether oxygens (including phenoxy) is 1. The van der Waals surface area contributed by atoms with Crippen LogP contribution >= 0.6 is 0 Å². The first-order chi connectivity index (χ1) is 11.6. The molecule has 0 fully saturated rings. The van der Waals surface area contributed by atoms with Gasteiger partial charge in [0.15, 0.2) is 0 Å². The molecule has 1 unspecified atom stereocenters. The highest BCUT2D eigenvalue weighted by Crippen LogP contribution is 2.21. The largest absolute Gasteiger partial charge is 0.497 e. The molecule has 0 aliphatic rings. The Morgan fingerprint density at radius 1 is 1.21 bits per heavy atom. The van der Waals surface area contributed by atoms with E-state index in [9.17, 15) is 9.90 Å². The number of imidazole rings is 1. The van der Waals surface area contributed by atoms with Crippen molar-refractivity contribution in [3.05, 3.63) is 59.9 Å². The van der Waals surface area contributed by atoms with Gasteiger partial charge < -0.3 is 14.4 Å². The number of aromatic nitrogens is 2. The summed E-state index contributed by atoms with van der Waals surface area (Å²) in [6.07, 6.45) is 0.644. The summed E-state index contributed by atoms with van der Waals surface area (Å²) in [6, 6.07) is 15.7. The first-order valence-electron chi connectivity index (χ1n) is 7.88. The van der Waals surface area contributed by atoms with Gasteiger partial charge in [-0.05, 0) is 29.8 Å². The highest BCUT2D eigenvalue weighted by Gasteiger charge is 2.17. The number of aliphatic carboxylic acids is 1. The van der Waals surface area contributed by atoms with Crippen molar-refractivity contribution in [1.82, 2.24) is 9.55 Å². The summed E-state index contributed by atoms with van der Waals surface area (Å²) in [4.78, 5) is 16.0. The number of hydrogen-bond acceptors (Lipinski definition) is 3. The minimum absolute atomic E-state index is 0.404. The Balaban J connectivity index is 1.97. The first-order valence-corrected chi connectivity index (χ1v) is 7.88. The third-order valence-corrected chi connectivity index (χ3v) is 4.13. The fourth-order valence-corrected chi connectivity index (χ4v) is 2.74. The van der Waals surface area contributed by atoms with Gasteiger partial charge in [0.1, 0.15) is 11.6 Å². The Bertz CT molecular complexity index is 853. The quantitative estimate of drug-likeness (QED) is 0.755. The fraction of sp³-hybridized carbons (Fsp3) is 0.263. The van der Waals surface area contributed by atoms with Gasteiger partial charge in [-0.2, -0.15) is 0 Å². The van der Waals surface area contributed by atoms with E-state index in [-0.39, 0.29) is 0 Å². The summed E-state index contributed by atoms with van der Waals surface area (Å²) < 4.78 is 7.20. The van der Waals surface area contributed by atoms with E-state index in [1.165, 1.54) is 0 Å². The van der Waals surface area contributed by atoms with Gasteiger partial charge >= 0.3 is 5.97 Å². The number of methoxy groups -OCH3 is 1. The highest BCUT2D eigenvalue weighted by molar-refractivity contribution is 5.76. The van der Waals surface area contributed by atoms with E-state index >= 15 is 0 Å². The van der Waals surface area contributed by atoms with E-state index in [0.29, 0.717) is 13.0 Å². The fourth-order valence-electron chi connectivity index (χ4n) is 2.74. The van der Waals surface area contributed by atoms with Crippen molar-refractivity contribution < 1.29 is 14.6 Å². The summed E-state index contributed by atoms with van der Waals surface area (Å²) in [5, 5.41) is 9.24. The van der Waals surface area contributed by atoms with Gasteiger partial charge in [-0.25, -0.2) is 4.98 Å². The lowest BCUT2D eigenvalue weighted by molar-refractivity contribution is -0.141. The highest BCUT2D eigenvalue weighted by atomic mass is 16.5. The van der Waals surface area contributed by atoms with Crippen LogP contribution in [0.5, 0.6) is 5.75 Å². The number of benzene rings is 2. The molecule has 1 atom stereocenters. The third-order valence-electron chi connectivity index (χ3n) is 4.13. The molecule has 0 bridgehead atoms. The van der Waals surface area contributed by atoms with Crippen LogP contribution in [0.2, 0.25) is 0 Å². The zero-order valence-corrected chi connectivity index (χ0v) is 13.8. The predicted octanol–water partition coefficient (Wildman–Crippen LogP) is 3.36. The normalized spacial score (nSPS) is 12.2. The Morgan fingerprint density at radius 3 is 2.58 bits per heavy atom. The summed E-state index contributed by atoms with van der Waals surface area (Å²) >= 11 is 0. The molecule has 0 amide bonds. The average Bonchev–Trinajstić information content (AvgIpc) is 2.93. The maximum Gasteiger partial charge on any atom is 0.308 e. The van der Waals surface area contributed by atoms with Crippen LogP contribution in [0.4, 0.5) is 0 Å². The van der Waals surface area contributed by atoms with Crippen LogP contribution in [0.3, 0.4) is 0 Å². The van der Waals surface area contributed by atoms with Gasteiger partial charge in [-0.15, -0.1) is 0 Å². The lowest BCUT2D eigenvalue weighted by atomic mass is 10.1. The van der Waals surface area contributed by atoms with Crippen LogP contribution in [0, 0.1) is 5.92 Å². The molecular formula is C19H20N2O3. The molecule has 24 heavy (non-hydrogen) atoms. The lowest BCUT2D eigenvalue weighted by Gasteiger charge is -2.12. The van der Waals surface area contributed by atoms with Gasteiger partial charge in [-0.3, -0.25) is 4.79 Å². The van der Waals surface area contributed by atoms with Gasteiger partial charge in [0.25, 0.3) is 0 Å². The molecule has 0 spiro atoms. The Kier molecular flexibility index (Phi) is 4.51. The van der Waals surface area contributed by atoms with Crippen LogP contribution in [-0.4, -0.2) is 27.7 Å². The van der Waals surface area contributed by atoms with Crippen molar-refractivity contribution in [2.24, 2.45) is 5.92 Å². The van der Waals surface area contributed by atoms with Gasteiger partial charge in [-0.1, -0.05) is 31.2 Å². The third kappa shape index (κ3) is 3.25. The molecule has 3 aromatic rings. The second kappa shape index (κ2) is 6.74. The summed E-state index contributed by atoms with van der Waals surface area (Å²) in [5.74, 6) is 0.404. The van der Waals surface area contributed by atoms with Crippen molar-refractivity contribution in [3.63, 3.8) is 0 Å². The first kappa shape index (κ1) is 16.1. The van der Waals surface area contributed by atoms with Crippen LogP contribution in [0.1, 0.15) is 18.3 Å². The minimum atomic E-state index is -0.803. The average molecular weight is 324 g/mol. The molecule has 2 aromatic carbocycles. The van der Waals surface area contributed by atoms with Crippen molar-refractivity contribution >= 4 is 17.0 Å². The molecule has 5 nitrogen and oxygen atoms in total. The molecular weight excluding hydrogens is 304 g/mol. The molecule has 1 aromatic heterocycles. The predicted molar refractivity (Wildman–Crippen MR) is 92.3 cm³/mol. The maximum atomic E-state index is 11.3. The molecule has 0 aliphatic heterocycles. The number of carboxylic acid groups (broad SMARTS) is 1. The zero-order chi connectivity index (χ0) is 17.1. The summed E-state index contributed by atoms with van der Waals surface area (Å²) in [6.45, 7) is 2.12. The van der Waals surface area contributed by atoms with Gasteiger partial charge in [0.05, 0.1) is 24.1 Å². The van der Waals surface area contributed by atoms with E-state index in [0.717, 1.165) is 28.2 Å². The number of fused-ring (bicyclic) bond motifs is 1. The molecule has 1 heterocycles. The standard InChI is InChI=1S/C19H20N2O3/c1-13(19(22)23)12-21-17-6-4-3-5-16(17)20-18(21)11-14-7-9-15(24-2)10-8-14/h3-10,13H,11-12H2,1-2H3,(H,22,23). The topological polar surface area (TPSA) is 64.4 Å². The molecule has 3 rings (SSSR count). The SMILES string of the molecule is COc1ccc(Cc2nc3ccccc3n2CC(C)C(=O)O)cc1. The van der Waals surface area contributed by atoms with Gasteiger partial charge in [0, 0.05) is 13.0 Å². The van der Waals surface area contributed by atoms with Crippen molar-refractivity contribution in [3.8, 4) is 5.75 Å². The van der Waals surface area contributed by atoms with Crippen LogP contribution < -0.4 is 4.74 Å². The molecule has 0 radical (unpaired) electrons. The molecule has 124 valence electrons. The van der Waals surface area contributed by atoms with Crippen LogP contribution in [0.25, 0.3) is 11.0 Å². The van der Waals surface area contributed by atoms with E-state index < -0.39 is 11.9 Å². The summed E-state index contributed by atoms with van der Waals surface area (Å²) in [5.41, 5.74) is 2.96.